The van der Waals surface area contributed by atoms with Gasteiger partial charge in [-0.25, -0.2) is 0 Å². The van der Waals surface area contributed by atoms with Crippen LogP contribution in [-0.2, 0) is 0 Å². The van der Waals surface area contributed by atoms with Gasteiger partial charge in [0.25, 0.3) is 0 Å². The van der Waals surface area contributed by atoms with Crippen LogP contribution in [0.3, 0.4) is 0 Å². The summed E-state index contributed by atoms with van der Waals surface area (Å²) in [5.74, 6) is 0.528. The second-order valence-corrected chi connectivity index (χ2v) is 2.18. The third kappa shape index (κ3) is 0.902. The second kappa shape index (κ2) is 2.20. The maximum Gasteiger partial charge on any atom is 0.189 e. The molecule has 0 aromatic heterocycles. The average Bonchev–Trinajstić information content (AvgIpc) is 2.06. The van der Waals surface area contributed by atoms with E-state index in [9.17, 15) is 4.79 Å². The molecule has 0 saturated carbocycles. The van der Waals surface area contributed by atoms with Gasteiger partial charge in [-0.1, -0.05) is 11.2 Å². The van der Waals surface area contributed by atoms with E-state index in [4.69, 9.17) is 4.52 Å². The van der Waals surface area contributed by atoms with E-state index in [2.05, 4.69) is 5.16 Å². The molecule has 3 nitrogen and oxygen atoms in total. The van der Waals surface area contributed by atoms with E-state index in [0.717, 1.165) is 0 Å². The van der Waals surface area contributed by atoms with Crippen LogP contribution >= 0.6 is 0 Å². The van der Waals surface area contributed by atoms with Crippen LogP contribution in [0.15, 0.2) is 39.8 Å². The van der Waals surface area contributed by atoms with Crippen LogP contribution < -0.4 is 5.43 Å². The molecule has 0 bridgehead atoms. The molecule has 0 radical (unpaired) electrons. The SMILES string of the molecule is O=c1cccc2onccc1-2. The fraction of sp³-hybridized carbons (Fsp3) is 0. The summed E-state index contributed by atoms with van der Waals surface area (Å²) >= 11 is 0. The van der Waals surface area contributed by atoms with E-state index in [0.29, 0.717) is 11.3 Å². The highest BCUT2D eigenvalue weighted by Crippen LogP contribution is 2.13. The van der Waals surface area contributed by atoms with Gasteiger partial charge in [0.1, 0.15) is 0 Å². The molecule has 0 atom stereocenters. The van der Waals surface area contributed by atoms with E-state index in [1.165, 1.54) is 12.3 Å². The molecular formula is C8H5NO2. The van der Waals surface area contributed by atoms with Gasteiger partial charge in [-0.3, -0.25) is 4.79 Å². The normalized spacial score (nSPS) is 10.2. The summed E-state index contributed by atoms with van der Waals surface area (Å²) in [7, 11) is 0. The van der Waals surface area contributed by atoms with Gasteiger partial charge in [-0.05, 0) is 18.2 Å². The molecule has 0 aromatic carbocycles. The first-order valence-corrected chi connectivity index (χ1v) is 3.22. The largest absolute Gasteiger partial charge is 0.356 e. The third-order valence-corrected chi connectivity index (χ3v) is 1.48. The van der Waals surface area contributed by atoms with Crippen molar-refractivity contribution in [2.45, 2.75) is 0 Å². The summed E-state index contributed by atoms with van der Waals surface area (Å²) in [6, 6.07) is 6.50. The van der Waals surface area contributed by atoms with Gasteiger partial charge in [0, 0.05) is 0 Å². The van der Waals surface area contributed by atoms with Crippen molar-refractivity contribution in [2.75, 3.05) is 0 Å². The van der Waals surface area contributed by atoms with Gasteiger partial charge in [-0.15, -0.1) is 0 Å². The molecule has 11 heavy (non-hydrogen) atoms. The molecule has 0 saturated heterocycles. The zero-order chi connectivity index (χ0) is 7.68. The van der Waals surface area contributed by atoms with Gasteiger partial charge in [0.2, 0.25) is 0 Å². The van der Waals surface area contributed by atoms with Crippen LogP contribution in [0.4, 0.5) is 0 Å². The van der Waals surface area contributed by atoms with Crippen LogP contribution in [0.25, 0.3) is 11.3 Å². The average molecular weight is 147 g/mol. The molecule has 0 aromatic rings. The van der Waals surface area contributed by atoms with Crippen molar-refractivity contribution in [3.8, 4) is 11.3 Å². The molecule has 3 heteroatoms. The lowest BCUT2D eigenvalue weighted by molar-refractivity contribution is 0.412. The zero-order valence-electron chi connectivity index (χ0n) is 5.65. The first kappa shape index (κ1) is 6.09. The van der Waals surface area contributed by atoms with Crippen molar-refractivity contribution in [3.05, 3.63) is 40.7 Å². The van der Waals surface area contributed by atoms with Crippen molar-refractivity contribution < 1.29 is 4.52 Å². The lowest BCUT2D eigenvalue weighted by Crippen LogP contribution is -2.02. The van der Waals surface area contributed by atoms with Gasteiger partial charge in [-0.2, -0.15) is 0 Å². The topological polar surface area (TPSA) is 43.1 Å². The number of hydrogen-bond donors (Lipinski definition) is 0. The molecule has 54 valence electrons. The van der Waals surface area contributed by atoms with Gasteiger partial charge in [0.05, 0.1) is 11.8 Å². The summed E-state index contributed by atoms with van der Waals surface area (Å²) in [6.07, 6.45) is 1.46. The number of rotatable bonds is 0. The molecular weight excluding hydrogens is 142 g/mol. The molecule has 0 amide bonds. The monoisotopic (exact) mass is 147 g/mol. The van der Waals surface area contributed by atoms with E-state index in [-0.39, 0.29) is 5.43 Å². The molecule has 0 spiro atoms. The lowest BCUT2D eigenvalue weighted by Gasteiger charge is -1.96. The molecule has 1 heterocycles. The van der Waals surface area contributed by atoms with Crippen LogP contribution in [0.5, 0.6) is 0 Å². The summed E-state index contributed by atoms with van der Waals surface area (Å²) < 4.78 is 4.84. The Kier molecular flexibility index (Phi) is 1.22. The Labute approximate surface area is 62.6 Å². The minimum Gasteiger partial charge on any atom is -0.356 e. The Morgan fingerprint density at radius 3 is 3.00 bits per heavy atom. The summed E-state index contributed by atoms with van der Waals surface area (Å²) in [4.78, 5) is 11.1. The fourth-order valence-electron chi connectivity index (χ4n) is 0.960. The van der Waals surface area contributed by atoms with Crippen molar-refractivity contribution in [1.29, 1.82) is 0 Å². The van der Waals surface area contributed by atoms with Gasteiger partial charge in [0.15, 0.2) is 11.2 Å². The van der Waals surface area contributed by atoms with E-state index in [1.54, 1.807) is 18.2 Å². The zero-order valence-corrected chi connectivity index (χ0v) is 5.65. The lowest BCUT2D eigenvalue weighted by atomic mass is 10.1. The highest BCUT2D eigenvalue weighted by Gasteiger charge is 2.04. The second-order valence-electron chi connectivity index (χ2n) is 2.18. The maximum atomic E-state index is 11.1. The first-order valence-electron chi connectivity index (χ1n) is 3.22. The summed E-state index contributed by atoms with van der Waals surface area (Å²) in [6.45, 7) is 0. The number of aromatic nitrogens is 1. The van der Waals surface area contributed by atoms with Gasteiger partial charge >= 0.3 is 0 Å². The van der Waals surface area contributed by atoms with Gasteiger partial charge < -0.3 is 4.52 Å². The molecule has 1 aliphatic carbocycles. The van der Waals surface area contributed by atoms with Crippen molar-refractivity contribution in [2.24, 2.45) is 0 Å². The smallest absolute Gasteiger partial charge is 0.189 e. The molecule has 2 rings (SSSR count). The summed E-state index contributed by atoms with van der Waals surface area (Å²) in [5.41, 5.74) is 0.538. The Balaban J connectivity index is 2.90. The highest BCUT2D eigenvalue weighted by atomic mass is 16.5. The van der Waals surface area contributed by atoms with Crippen LogP contribution in [-0.4, -0.2) is 5.16 Å². The Morgan fingerprint density at radius 1 is 1.27 bits per heavy atom. The maximum absolute atomic E-state index is 11.1. The van der Waals surface area contributed by atoms with Crippen molar-refractivity contribution in [1.82, 2.24) is 5.16 Å². The molecule has 0 unspecified atom stereocenters. The molecule has 0 N–H and O–H groups in total. The predicted molar refractivity (Wildman–Crippen MR) is 39.4 cm³/mol. The fourth-order valence-corrected chi connectivity index (χ4v) is 0.960. The molecule has 0 fully saturated rings. The Hall–Kier alpha value is -1.64. The van der Waals surface area contributed by atoms with E-state index >= 15 is 0 Å². The van der Waals surface area contributed by atoms with Crippen LogP contribution in [0.1, 0.15) is 0 Å². The molecule has 2 aliphatic rings. The quantitative estimate of drug-likeness (QED) is 0.561. The first-order chi connectivity index (χ1) is 5.38. The Bertz CT molecular complexity index is 394. The third-order valence-electron chi connectivity index (χ3n) is 1.48. The Morgan fingerprint density at radius 2 is 2.18 bits per heavy atom. The number of fused-ring (bicyclic) bond motifs is 1. The summed E-state index contributed by atoms with van der Waals surface area (Å²) in [5, 5.41) is 3.54. The van der Waals surface area contributed by atoms with Crippen molar-refractivity contribution >= 4 is 0 Å². The minimum atomic E-state index is -0.0337. The molecule has 1 aliphatic heterocycles. The standard InChI is InChI=1S/C8H5NO2/c10-7-2-1-3-8-6(7)4-5-9-11-8/h1-5H. The minimum absolute atomic E-state index is 0.0337. The highest BCUT2D eigenvalue weighted by molar-refractivity contribution is 5.56. The van der Waals surface area contributed by atoms with E-state index in [1.807, 2.05) is 0 Å². The van der Waals surface area contributed by atoms with Crippen molar-refractivity contribution in [3.63, 3.8) is 0 Å². The van der Waals surface area contributed by atoms with Crippen LogP contribution in [0, 0.1) is 0 Å². The number of hydrogen-bond acceptors (Lipinski definition) is 3. The number of benzene rings is 1. The van der Waals surface area contributed by atoms with Crippen LogP contribution in [0.2, 0.25) is 0 Å². The predicted octanol–water partition coefficient (Wildman–Crippen LogP) is 1.14. The number of nitrogens with zero attached hydrogens (tertiary/aromatic N) is 1. The van der Waals surface area contributed by atoms with E-state index < -0.39 is 0 Å².